The van der Waals surface area contributed by atoms with Gasteiger partial charge in [-0.3, -0.25) is 4.79 Å². The lowest BCUT2D eigenvalue weighted by Crippen LogP contribution is -2.33. The van der Waals surface area contributed by atoms with E-state index in [9.17, 15) is 17.6 Å². The van der Waals surface area contributed by atoms with E-state index in [-0.39, 0.29) is 23.4 Å². The Labute approximate surface area is 122 Å². The molecule has 0 aromatic heterocycles. The number of sulfonamides is 1. The fraction of sp³-hybridized carbons (Fsp3) is 0.308. The first-order chi connectivity index (χ1) is 9.89. The number of rotatable bonds is 5. The zero-order valence-electron chi connectivity index (χ0n) is 11.3. The van der Waals surface area contributed by atoms with Crippen LogP contribution in [0.3, 0.4) is 0 Å². The lowest BCUT2D eigenvalue weighted by molar-refractivity contribution is 0.0956. The van der Waals surface area contributed by atoms with Gasteiger partial charge in [0.1, 0.15) is 12.4 Å². The number of hydrogen-bond acceptors (Lipinski definition) is 4. The quantitative estimate of drug-likeness (QED) is 0.635. The van der Waals surface area contributed by atoms with Gasteiger partial charge in [0.25, 0.3) is 5.91 Å². The number of carbonyl (C=O) groups is 1. The van der Waals surface area contributed by atoms with Crippen LogP contribution in [0.4, 0.5) is 4.39 Å². The van der Waals surface area contributed by atoms with E-state index in [0.29, 0.717) is 0 Å². The topological polar surface area (TPSA) is 95.5 Å². The van der Waals surface area contributed by atoms with E-state index in [1.54, 1.807) is 0 Å². The molecule has 3 N–H and O–H groups in total. The summed E-state index contributed by atoms with van der Waals surface area (Å²) in [6.07, 6.45) is 0. The maximum absolute atomic E-state index is 13.1. The molecule has 0 bridgehead atoms. The number of hydrogen-bond donors (Lipinski definition) is 3. The molecule has 8 heteroatoms. The lowest BCUT2D eigenvalue weighted by atomic mass is 10.1. The molecule has 0 spiro atoms. The third-order valence-electron chi connectivity index (χ3n) is 2.50. The molecule has 1 aromatic rings. The maximum atomic E-state index is 13.1. The van der Waals surface area contributed by atoms with Crippen molar-refractivity contribution in [1.82, 2.24) is 10.0 Å². The smallest absolute Gasteiger partial charge is 0.252 e. The zero-order valence-corrected chi connectivity index (χ0v) is 12.1. The van der Waals surface area contributed by atoms with Crippen molar-refractivity contribution >= 4 is 15.9 Å². The molecule has 0 unspecified atom stereocenters. The Kier molecular flexibility index (Phi) is 6.30. The van der Waals surface area contributed by atoms with E-state index < -0.39 is 28.4 Å². The molecule has 1 rings (SSSR count). The Balaban J connectivity index is 2.83. The molecule has 0 radical (unpaired) electrons. The summed E-state index contributed by atoms with van der Waals surface area (Å²) in [4.78, 5) is 11.9. The van der Waals surface area contributed by atoms with Gasteiger partial charge < -0.3 is 10.4 Å². The van der Waals surface area contributed by atoms with Gasteiger partial charge in [-0.05, 0) is 25.2 Å². The summed E-state index contributed by atoms with van der Waals surface area (Å²) in [5.74, 6) is 3.40. The molecule has 21 heavy (non-hydrogen) atoms. The number of halogens is 1. The largest absolute Gasteiger partial charge is 0.384 e. The van der Waals surface area contributed by atoms with Crippen molar-refractivity contribution < 1.29 is 22.7 Å². The minimum Gasteiger partial charge on any atom is -0.384 e. The highest BCUT2D eigenvalue weighted by atomic mass is 32.2. The second-order valence-electron chi connectivity index (χ2n) is 3.93. The second kappa shape index (κ2) is 7.73. The molecule has 0 aliphatic rings. The highest BCUT2D eigenvalue weighted by Crippen LogP contribution is 2.10. The van der Waals surface area contributed by atoms with Crippen molar-refractivity contribution in [2.75, 3.05) is 26.0 Å². The number of nitrogens with one attached hydrogen (secondary N) is 2. The van der Waals surface area contributed by atoms with Gasteiger partial charge in [-0.2, -0.15) is 0 Å². The van der Waals surface area contributed by atoms with E-state index in [1.165, 1.54) is 13.1 Å². The molecule has 0 aliphatic carbocycles. The van der Waals surface area contributed by atoms with Crippen LogP contribution in [-0.4, -0.2) is 45.4 Å². The lowest BCUT2D eigenvalue weighted by Gasteiger charge is -2.07. The fourth-order valence-corrected chi connectivity index (χ4v) is 2.02. The van der Waals surface area contributed by atoms with Crippen LogP contribution in [-0.2, 0) is 10.0 Å². The van der Waals surface area contributed by atoms with Crippen LogP contribution in [0, 0.1) is 17.7 Å². The van der Waals surface area contributed by atoms with Gasteiger partial charge in [-0.1, -0.05) is 11.8 Å². The molecule has 0 heterocycles. The number of benzene rings is 1. The van der Waals surface area contributed by atoms with Crippen LogP contribution in [0.15, 0.2) is 18.2 Å². The molecular weight excluding hydrogens is 299 g/mol. The van der Waals surface area contributed by atoms with Crippen LogP contribution in [0.2, 0.25) is 0 Å². The van der Waals surface area contributed by atoms with Crippen LogP contribution in [0.1, 0.15) is 15.9 Å². The number of carbonyl (C=O) groups excluding carboxylic acids is 1. The van der Waals surface area contributed by atoms with Crippen LogP contribution >= 0.6 is 0 Å². The maximum Gasteiger partial charge on any atom is 0.252 e. The van der Waals surface area contributed by atoms with E-state index >= 15 is 0 Å². The molecule has 0 aliphatic heterocycles. The fourth-order valence-electron chi connectivity index (χ4n) is 1.45. The third-order valence-corrected chi connectivity index (χ3v) is 3.86. The predicted molar refractivity (Wildman–Crippen MR) is 75.5 cm³/mol. The molecule has 1 aromatic carbocycles. The molecule has 6 nitrogen and oxygen atoms in total. The highest BCUT2D eigenvalue weighted by Gasteiger charge is 2.13. The third kappa shape index (κ3) is 5.51. The molecule has 0 saturated heterocycles. The molecule has 114 valence electrons. The first-order valence-corrected chi connectivity index (χ1v) is 7.63. The van der Waals surface area contributed by atoms with E-state index in [2.05, 4.69) is 21.9 Å². The SMILES string of the molecule is CNS(=O)(=O)CCNC(=O)c1ccc(F)cc1C#CCO. The van der Waals surface area contributed by atoms with Gasteiger partial charge >= 0.3 is 0 Å². The summed E-state index contributed by atoms with van der Waals surface area (Å²) in [6.45, 7) is -0.510. The van der Waals surface area contributed by atoms with Gasteiger partial charge in [0.15, 0.2) is 0 Å². The van der Waals surface area contributed by atoms with Crippen LogP contribution < -0.4 is 10.0 Å². The van der Waals surface area contributed by atoms with Gasteiger partial charge in [-0.15, -0.1) is 0 Å². The van der Waals surface area contributed by atoms with Gasteiger partial charge in [-0.25, -0.2) is 17.5 Å². The van der Waals surface area contributed by atoms with Crippen molar-refractivity contribution in [2.24, 2.45) is 0 Å². The Morgan fingerprint density at radius 3 is 2.76 bits per heavy atom. The molecule has 0 saturated carbocycles. The Hall–Kier alpha value is -1.95. The van der Waals surface area contributed by atoms with Crippen molar-refractivity contribution in [3.63, 3.8) is 0 Å². The van der Waals surface area contributed by atoms with Gasteiger partial charge in [0.05, 0.1) is 11.3 Å². The van der Waals surface area contributed by atoms with E-state index in [4.69, 9.17) is 5.11 Å². The van der Waals surface area contributed by atoms with Gasteiger partial charge in [0, 0.05) is 12.1 Å². The molecule has 1 amide bonds. The minimum absolute atomic E-state index is 0.0910. The van der Waals surface area contributed by atoms with Crippen LogP contribution in [0.5, 0.6) is 0 Å². The summed E-state index contributed by atoms with van der Waals surface area (Å²) in [7, 11) is -2.14. The zero-order chi connectivity index (χ0) is 15.9. The second-order valence-corrected chi connectivity index (χ2v) is 5.97. The number of amides is 1. The average Bonchev–Trinajstić information content (AvgIpc) is 2.44. The summed E-state index contributed by atoms with van der Waals surface area (Å²) < 4.78 is 37.7. The summed E-state index contributed by atoms with van der Waals surface area (Å²) >= 11 is 0. The summed E-state index contributed by atoms with van der Waals surface area (Å²) in [5.41, 5.74) is 0.234. The van der Waals surface area contributed by atoms with E-state index in [0.717, 1.165) is 12.1 Å². The minimum atomic E-state index is -3.41. The molecule has 0 atom stereocenters. The van der Waals surface area contributed by atoms with Crippen molar-refractivity contribution in [2.45, 2.75) is 0 Å². The monoisotopic (exact) mass is 314 g/mol. The van der Waals surface area contributed by atoms with Crippen molar-refractivity contribution in [3.05, 3.63) is 35.1 Å². The van der Waals surface area contributed by atoms with E-state index in [1.807, 2.05) is 0 Å². The molecule has 0 fully saturated rings. The normalized spacial score (nSPS) is 10.6. The number of aliphatic hydroxyl groups is 1. The highest BCUT2D eigenvalue weighted by molar-refractivity contribution is 7.89. The first-order valence-electron chi connectivity index (χ1n) is 5.98. The predicted octanol–water partition coefficient (Wildman–Crippen LogP) is -0.552. The van der Waals surface area contributed by atoms with Crippen molar-refractivity contribution in [3.8, 4) is 11.8 Å². The first kappa shape index (κ1) is 17.1. The molecular formula is C13H15FN2O4S. The average molecular weight is 314 g/mol. The Morgan fingerprint density at radius 1 is 1.43 bits per heavy atom. The summed E-state index contributed by atoms with van der Waals surface area (Å²) in [5, 5.41) is 11.1. The number of aliphatic hydroxyl groups excluding tert-OH is 1. The van der Waals surface area contributed by atoms with Gasteiger partial charge in [0.2, 0.25) is 10.0 Å². The van der Waals surface area contributed by atoms with Crippen LogP contribution in [0.25, 0.3) is 0 Å². The summed E-state index contributed by atoms with van der Waals surface area (Å²) in [6, 6.07) is 3.42. The van der Waals surface area contributed by atoms with Crippen molar-refractivity contribution in [1.29, 1.82) is 0 Å². The standard InChI is InChI=1S/C13H15FN2O4S/c1-15-21(19,20)8-6-16-13(18)12-5-4-11(14)9-10(12)3-2-7-17/h4-5,9,15,17H,6-8H2,1H3,(H,16,18). The Morgan fingerprint density at radius 2 is 2.14 bits per heavy atom. The Bertz CT molecular complexity index is 677.